The van der Waals surface area contributed by atoms with Gasteiger partial charge in [0.15, 0.2) is 0 Å². The van der Waals surface area contributed by atoms with E-state index in [9.17, 15) is 9.59 Å². The van der Waals surface area contributed by atoms with Gasteiger partial charge >= 0.3 is 0 Å². The zero-order valence-electron chi connectivity index (χ0n) is 20.1. The monoisotopic (exact) mass is 499 g/mol. The number of para-hydroxylation sites is 2. The molecule has 3 aromatic carbocycles. The standard InChI is InChI=1S/C29H26ClN3O3/c1-3-26(34)33-24(21-10-6-8-12-25(21)36-4-2)17-23(32-33)28-27(18-13-15-19(30)16-14-18)20-9-5-7-11-22(20)31-29(28)35/h5-16,24H,3-4,17H2,1-2H3,(H,31,35)/t24-/m1/s1. The van der Waals surface area contributed by atoms with Crippen LogP contribution in [0.15, 0.2) is 82.7 Å². The van der Waals surface area contributed by atoms with Crippen molar-refractivity contribution < 1.29 is 9.53 Å². The summed E-state index contributed by atoms with van der Waals surface area (Å²) >= 11 is 6.17. The number of ether oxygens (including phenoxy) is 1. The third kappa shape index (κ3) is 4.29. The Morgan fingerprint density at radius 2 is 1.75 bits per heavy atom. The Labute approximate surface area is 214 Å². The maximum Gasteiger partial charge on any atom is 0.258 e. The topological polar surface area (TPSA) is 74.8 Å². The van der Waals surface area contributed by atoms with E-state index in [2.05, 4.69) is 4.98 Å². The van der Waals surface area contributed by atoms with Crippen LogP contribution in [0.4, 0.5) is 0 Å². The number of halogens is 1. The summed E-state index contributed by atoms with van der Waals surface area (Å²) < 4.78 is 5.87. The summed E-state index contributed by atoms with van der Waals surface area (Å²) in [6, 6.07) is 22.4. The van der Waals surface area contributed by atoms with Crippen LogP contribution in [0.3, 0.4) is 0 Å². The molecule has 2 heterocycles. The molecule has 1 atom stereocenters. The lowest BCUT2D eigenvalue weighted by atomic mass is 9.91. The quantitative estimate of drug-likeness (QED) is 0.336. The van der Waals surface area contributed by atoms with Crippen molar-refractivity contribution in [2.75, 3.05) is 6.61 Å². The average Bonchev–Trinajstić information content (AvgIpc) is 3.33. The van der Waals surface area contributed by atoms with Crippen LogP contribution < -0.4 is 10.3 Å². The third-order valence-corrected chi connectivity index (χ3v) is 6.64. The van der Waals surface area contributed by atoms with Crippen LogP contribution in [-0.4, -0.2) is 28.2 Å². The van der Waals surface area contributed by atoms with Gasteiger partial charge in [0.2, 0.25) is 5.91 Å². The van der Waals surface area contributed by atoms with E-state index in [0.717, 1.165) is 27.6 Å². The molecule has 1 amide bonds. The Morgan fingerprint density at radius 3 is 2.50 bits per heavy atom. The molecule has 7 heteroatoms. The van der Waals surface area contributed by atoms with Gasteiger partial charge < -0.3 is 9.72 Å². The summed E-state index contributed by atoms with van der Waals surface area (Å²) in [6.07, 6.45) is 0.681. The molecule has 1 N–H and O–H groups in total. The van der Waals surface area contributed by atoms with Crippen LogP contribution in [0.25, 0.3) is 22.0 Å². The van der Waals surface area contributed by atoms with Crippen molar-refractivity contribution >= 4 is 34.1 Å². The largest absolute Gasteiger partial charge is 0.494 e. The van der Waals surface area contributed by atoms with Gasteiger partial charge in [0.05, 0.1) is 23.9 Å². The van der Waals surface area contributed by atoms with Crippen molar-refractivity contribution in [2.24, 2.45) is 5.10 Å². The van der Waals surface area contributed by atoms with E-state index in [1.807, 2.05) is 74.5 Å². The van der Waals surface area contributed by atoms with Crippen molar-refractivity contribution in [3.63, 3.8) is 0 Å². The summed E-state index contributed by atoms with van der Waals surface area (Å²) in [4.78, 5) is 29.6. The number of amides is 1. The Morgan fingerprint density at radius 1 is 1.03 bits per heavy atom. The van der Waals surface area contributed by atoms with E-state index >= 15 is 0 Å². The summed E-state index contributed by atoms with van der Waals surface area (Å²) in [6.45, 7) is 4.24. The van der Waals surface area contributed by atoms with E-state index in [1.165, 1.54) is 5.01 Å². The highest BCUT2D eigenvalue weighted by molar-refractivity contribution is 6.30. The number of hydrazone groups is 1. The number of nitrogens with one attached hydrogen (secondary N) is 1. The van der Waals surface area contributed by atoms with Crippen LogP contribution in [-0.2, 0) is 4.79 Å². The van der Waals surface area contributed by atoms with E-state index < -0.39 is 0 Å². The Bertz CT molecular complexity index is 1530. The minimum Gasteiger partial charge on any atom is -0.494 e. The van der Waals surface area contributed by atoms with Gasteiger partial charge in [0.1, 0.15) is 5.75 Å². The lowest BCUT2D eigenvalue weighted by molar-refractivity contribution is -0.132. The summed E-state index contributed by atoms with van der Waals surface area (Å²) in [5.41, 5.74) is 3.99. The Hall–Kier alpha value is -3.90. The number of nitrogens with zero attached hydrogens (tertiary/aromatic N) is 2. The Kier molecular flexibility index (Phi) is 6.61. The number of fused-ring (bicyclic) bond motifs is 1. The predicted molar refractivity (Wildman–Crippen MR) is 144 cm³/mol. The molecule has 0 unspecified atom stereocenters. The third-order valence-electron chi connectivity index (χ3n) is 6.39. The zero-order chi connectivity index (χ0) is 25.2. The molecule has 0 saturated heterocycles. The molecule has 4 aromatic rings. The highest BCUT2D eigenvalue weighted by Gasteiger charge is 2.36. The van der Waals surface area contributed by atoms with Crippen molar-refractivity contribution in [1.29, 1.82) is 0 Å². The second-order valence-corrected chi connectivity index (χ2v) is 9.02. The Balaban J connectivity index is 1.72. The number of carbonyl (C=O) groups is 1. The molecule has 182 valence electrons. The molecule has 0 saturated carbocycles. The van der Waals surface area contributed by atoms with E-state index in [4.69, 9.17) is 21.4 Å². The zero-order valence-corrected chi connectivity index (χ0v) is 20.9. The maximum atomic E-state index is 13.5. The molecule has 0 spiro atoms. The van der Waals surface area contributed by atoms with Gasteiger partial charge in [-0.3, -0.25) is 9.59 Å². The van der Waals surface area contributed by atoms with Gasteiger partial charge in [-0.2, -0.15) is 5.10 Å². The molecule has 1 aromatic heterocycles. The first-order valence-corrected chi connectivity index (χ1v) is 12.4. The summed E-state index contributed by atoms with van der Waals surface area (Å²) in [5.74, 6) is 0.590. The van der Waals surface area contributed by atoms with Gasteiger partial charge in [0, 0.05) is 39.9 Å². The number of hydrogen-bond donors (Lipinski definition) is 1. The highest BCUT2D eigenvalue weighted by atomic mass is 35.5. The summed E-state index contributed by atoms with van der Waals surface area (Å²) in [5, 5.41) is 7.77. The number of aromatic amines is 1. The fraction of sp³-hybridized carbons (Fsp3) is 0.207. The van der Waals surface area contributed by atoms with Crippen LogP contribution in [0, 0.1) is 0 Å². The van der Waals surface area contributed by atoms with Gasteiger partial charge in [-0.15, -0.1) is 0 Å². The number of aromatic nitrogens is 1. The van der Waals surface area contributed by atoms with Crippen LogP contribution in [0.5, 0.6) is 5.75 Å². The molecule has 1 aliphatic heterocycles. The van der Waals surface area contributed by atoms with Crippen LogP contribution >= 0.6 is 11.6 Å². The second-order valence-electron chi connectivity index (χ2n) is 8.59. The smallest absolute Gasteiger partial charge is 0.258 e. The fourth-order valence-electron chi connectivity index (χ4n) is 4.77. The number of benzene rings is 3. The molecule has 5 rings (SSSR count). The van der Waals surface area contributed by atoms with Crippen molar-refractivity contribution in [3.05, 3.63) is 99.3 Å². The highest BCUT2D eigenvalue weighted by Crippen LogP contribution is 2.40. The lowest BCUT2D eigenvalue weighted by Crippen LogP contribution is -2.26. The lowest BCUT2D eigenvalue weighted by Gasteiger charge is -2.23. The van der Waals surface area contributed by atoms with Gasteiger partial charge in [-0.25, -0.2) is 5.01 Å². The van der Waals surface area contributed by atoms with E-state index in [0.29, 0.717) is 41.5 Å². The average molecular weight is 500 g/mol. The fourth-order valence-corrected chi connectivity index (χ4v) is 4.90. The second kappa shape index (κ2) is 9.99. The number of hydrogen-bond acceptors (Lipinski definition) is 4. The first-order valence-electron chi connectivity index (χ1n) is 12.0. The molecular weight excluding hydrogens is 474 g/mol. The van der Waals surface area contributed by atoms with E-state index in [-0.39, 0.29) is 17.5 Å². The number of carbonyl (C=O) groups excluding carboxylic acids is 1. The van der Waals surface area contributed by atoms with Crippen molar-refractivity contribution in [2.45, 2.75) is 32.7 Å². The first kappa shape index (κ1) is 23.8. The minimum absolute atomic E-state index is 0.119. The molecule has 0 aliphatic carbocycles. The number of H-pyrrole nitrogens is 1. The first-order chi connectivity index (χ1) is 17.5. The molecule has 0 bridgehead atoms. The number of rotatable bonds is 6. The molecule has 6 nitrogen and oxygen atoms in total. The summed E-state index contributed by atoms with van der Waals surface area (Å²) in [7, 11) is 0. The minimum atomic E-state index is -0.376. The molecule has 0 radical (unpaired) electrons. The molecule has 36 heavy (non-hydrogen) atoms. The van der Waals surface area contributed by atoms with Gasteiger partial charge in [0.25, 0.3) is 5.56 Å². The van der Waals surface area contributed by atoms with Crippen LogP contribution in [0.2, 0.25) is 5.02 Å². The van der Waals surface area contributed by atoms with Crippen molar-refractivity contribution in [3.8, 4) is 16.9 Å². The predicted octanol–water partition coefficient (Wildman–Crippen LogP) is 6.33. The molecular formula is C29H26ClN3O3. The van der Waals surface area contributed by atoms with Gasteiger partial charge in [-0.05, 0) is 36.8 Å². The maximum absolute atomic E-state index is 13.5. The molecule has 0 fully saturated rings. The number of pyridine rings is 1. The normalized spacial score (nSPS) is 15.2. The van der Waals surface area contributed by atoms with Crippen molar-refractivity contribution in [1.82, 2.24) is 9.99 Å². The van der Waals surface area contributed by atoms with Crippen LogP contribution in [0.1, 0.15) is 43.9 Å². The van der Waals surface area contributed by atoms with E-state index in [1.54, 1.807) is 12.1 Å². The SMILES string of the molecule is CCOc1ccccc1[C@H]1CC(c2c(-c3ccc(Cl)cc3)c3ccccc3[nH]c2=O)=NN1C(=O)CC. The van der Waals surface area contributed by atoms with Gasteiger partial charge in [-0.1, -0.05) is 67.1 Å². The molecule has 1 aliphatic rings.